The molecule has 0 bridgehead atoms. The first-order valence-electron chi connectivity index (χ1n) is 8.85. The Morgan fingerprint density at radius 3 is 2.74 bits per heavy atom. The molecule has 0 heterocycles. The Labute approximate surface area is 161 Å². The van der Waals surface area contributed by atoms with Gasteiger partial charge in [-0.15, -0.1) is 0 Å². The number of methoxy groups -OCH3 is 1. The standard InChI is InChI=1S/C21H23NO4S/c1-15-8-9-18-13-19(11-10-17(18)12-15)27(24)26-22-20(14-21(23)25-2)16-6-4-3-5-7-16/h3-7,9-13,15,20,22H,8,14H2,1-2H3. The zero-order valence-electron chi connectivity index (χ0n) is 15.4. The summed E-state index contributed by atoms with van der Waals surface area (Å²) in [5, 5.41) is 2.21. The van der Waals surface area contributed by atoms with Crippen LogP contribution in [-0.2, 0) is 24.9 Å². The number of hydroxylamine groups is 1. The molecule has 0 spiro atoms. The van der Waals surface area contributed by atoms with E-state index in [4.69, 9.17) is 9.02 Å². The monoisotopic (exact) mass is 385 g/mol. The highest BCUT2D eigenvalue weighted by molar-refractivity contribution is 7.80. The van der Waals surface area contributed by atoms with Crippen LogP contribution in [0.3, 0.4) is 0 Å². The molecule has 0 aromatic heterocycles. The van der Waals surface area contributed by atoms with Crippen LogP contribution in [-0.4, -0.2) is 17.3 Å². The molecule has 0 amide bonds. The molecule has 1 aliphatic carbocycles. The molecule has 0 radical (unpaired) electrons. The molecule has 1 aliphatic rings. The number of hydrogen-bond donors (Lipinski definition) is 1. The van der Waals surface area contributed by atoms with E-state index in [1.807, 2.05) is 42.5 Å². The molecule has 3 unspecified atom stereocenters. The first kappa shape index (κ1) is 19.5. The largest absolute Gasteiger partial charge is 0.469 e. The van der Waals surface area contributed by atoms with Crippen LogP contribution in [0, 0.1) is 5.92 Å². The van der Waals surface area contributed by atoms with Crippen molar-refractivity contribution in [2.75, 3.05) is 7.11 Å². The number of nitrogens with one attached hydrogen (secondary N) is 1. The zero-order chi connectivity index (χ0) is 19.2. The second kappa shape index (κ2) is 9.08. The second-order valence-electron chi connectivity index (χ2n) is 6.55. The third-order valence-electron chi connectivity index (χ3n) is 4.49. The number of carbonyl (C=O) groups is 1. The minimum absolute atomic E-state index is 0.0720. The van der Waals surface area contributed by atoms with Crippen molar-refractivity contribution in [1.29, 1.82) is 0 Å². The van der Waals surface area contributed by atoms with Crippen LogP contribution in [0.1, 0.15) is 31.4 Å². The number of hydrogen-bond acceptors (Lipinski definition) is 5. The van der Waals surface area contributed by atoms with Crippen LogP contribution in [0.25, 0.3) is 12.2 Å². The molecular weight excluding hydrogens is 362 g/mol. The van der Waals surface area contributed by atoms with Crippen molar-refractivity contribution in [3.63, 3.8) is 0 Å². The Balaban J connectivity index is 1.73. The second-order valence-corrected chi connectivity index (χ2v) is 7.66. The summed E-state index contributed by atoms with van der Waals surface area (Å²) in [6.07, 6.45) is 5.40. The summed E-state index contributed by atoms with van der Waals surface area (Å²) in [6.45, 7) is 2.17. The highest BCUT2D eigenvalue weighted by atomic mass is 32.2. The lowest BCUT2D eigenvalue weighted by Crippen LogP contribution is -2.30. The van der Waals surface area contributed by atoms with Crippen molar-refractivity contribution in [1.82, 2.24) is 5.48 Å². The van der Waals surface area contributed by atoms with E-state index in [1.165, 1.54) is 7.11 Å². The fraction of sp³-hybridized carbons (Fsp3) is 0.286. The molecule has 3 atom stereocenters. The maximum Gasteiger partial charge on any atom is 0.307 e. The fourth-order valence-corrected chi connectivity index (χ4v) is 3.69. The Kier molecular flexibility index (Phi) is 6.55. The summed E-state index contributed by atoms with van der Waals surface area (Å²) in [5.74, 6) is 0.135. The number of benzene rings is 2. The number of esters is 1. The minimum atomic E-state index is -1.70. The van der Waals surface area contributed by atoms with Crippen molar-refractivity contribution in [3.8, 4) is 0 Å². The molecular formula is C21H23NO4S. The lowest BCUT2D eigenvalue weighted by Gasteiger charge is -2.17. The predicted octanol–water partition coefficient (Wildman–Crippen LogP) is 2.14. The van der Waals surface area contributed by atoms with Crippen molar-refractivity contribution in [2.24, 2.45) is 5.92 Å². The first-order chi connectivity index (χ1) is 13.1. The molecule has 2 aromatic carbocycles. The third kappa shape index (κ3) is 5.13. The molecule has 1 N–H and O–H groups in total. The average Bonchev–Trinajstić information content (AvgIpc) is 2.70. The Bertz CT molecular complexity index is 942. The summed E-state index contributed by atoms with van der Waals surface area (Å²) in [7, 11) is 1.34. The van der Waals surface area contributed by atoms with E-state index >= 15 is 0 Å². The molecule has 3 rings (SSSR count). The van der Waals surface area contributed by atoms with Crippen molar-refractivity contribution in [3.05, 3.63) is 64.5 Å². The maximum absolute atomic E-state index is 12.6. The normalized spacial score (nSPS) is 17.8. The van der Waals surface area contributed by atoms with Gasteiger partial charge in [0, 0.05) is 0 Å². The summed E-state index contributed by atoms with van der Waals surface area (Å²) in [6, 6.07) is 14.6. The highest BCUT2D eigenvalue weighted by Gasteiger charge is 2.18. The van der Waals surface area contributed by atoms with Gasteiger partial charge in [-0.1, -0.05) is 55.5 Å². The number of carbonyl (C=O) groups excluding carboxylic acids is 1. The van der Waals surface area contributed by atoms with E-state index in [-0.39, 0.29) is 12.4 Å². The van der Waals surface area contributed by atoms with Crippen LogP contribution in [0.5, 0.6) is 0 Å². The van der Waals surface area contributed by atoms with Gasteiger partial charge < -0.3 is 4.74 Å². The lowest BCUT2D eigenvalue weighted by atomic mass is 9.99. The van der Waals surface area contributed by atoms with Gasteiger partial charge in [0.15, 0.2) is 0 Å². The fourth-order valence-electron chi connectivity index (χ4n) is 2.99. The SMILES string of the molecule is COC(=O)CC(NOS(=O)c1ccc2c(c1)=CCC(C)C=2)c1ccccc1. The van der Waals surface area contributed by atoms with Crippen LogP contribution in [0.2, 0.25) is 0 Å². The lowest BCUT2D eigenvalue weighted by molar-refractivity contribution is -0.141. The summed E-state index contributed by atoms with van der Waals surface area (Å²) < 4.78 is 22.7. The topological polar surface area (TPSA) is 64.6 Å². The first-order valence-corrected chi connectivity index (χ1v) is 9.93. The van der Waals surface area contributed by atoms with Crippen LogP contribution >= 0.6 is 0 Å². The van der Waals surface area contributed by atoms with Crippen molar-refractivity contribution < 1.29 is 18.0 Å². The molecule has 142 valence electrons. The van der Waals surface area contributed by atoms with Gasteiger partial charge in [0.1, 0.15) is 0 Å². The van der Waals surface area contributed by atoms with Crippen LogP contribution < -0.4 is 15.9 Å². The van der Waals surface area contributed by atoms with Crippen molar-refractivity contribution in [2.45, 2.75) is 30.7 Å². The molecule has 0 fully saturated rings. The molecule has 27 heavy (non-hydrogen) atoms. The van der Waals surface area contributed by atoms with Crippen LogP contribution in [0.4, 0.5) is 0 Å². The third-order valence-corrected chi connectivity index (χ3v) is 5.38. The predicted molar refractivity (Wildman–Crippen MR) is 105 cm³/mol. The van der Waals surface area contributed by atoms with Gasteiger partial charge in [-0.2, -0.15) is 9.76 Å². The number of ether oxygens (including phenoxy) is 1. The van der Waals surface area contributed by atoms with Crippen LogP contribution in [0.15, 0.2) is 53.4 Å². The van der Waals surface area contributed by atoms with Gasteiger partial charge in [-0.25, -0.2) is 4.21 Å². The Morgan fingerprint density at radius 2 is 2.00 bits per heavy atom. The Morgan fingerprint density at radius 1 is 1.22 bits per heavy atom. The molecule has 0 saturated heterocycles. The smallest absolute Gasteiger partial charge is 0.307 e. The molecule has 0 saturated carbocycles. The average molecular weight is 385 g/mol. The summed E-state index contributed by atoms with van der Waals surface area (Å²) >= 11 is -1.70. The molecule has 6 heteroatoms. The van der Waals surface area contributed by atoms with E-state index in [9.17, 15) is 9.00 Å². The summed E-state index contributed by atoms with van der Waals surface area (Å²) in [5.41, 5.74) is 3.62. The van der Waals surface area contributed by atoms with Gasteiger partial charge in [0.05, 0.1) is 24.5 Å². The Hall–Kier alpha value is -2.28. The van der Waals surface area contributed by atoms with Gasteiger partial charge in [-0.3, -0.25) is 4.79 Å². The highest BCUT2D eigenvalue weighted by Crippen LogP contribution is 2.18. The minimum Gasteiger partial charge on any atom is -0.469 e. The van der Waals surface area contributed by atoms with E-state index in [0.29, 0.717) is 10.8 Å². The van der Waals surface area contributed by atoms with E-state index < -0.39 is 17.1 Å². The van der Waals surface area contributed by atoms with E-state index in [1.54, 1.807) is 6.07 Å². The molecule has 5 nitrogen and oxygen atoms in total. The van der Waals surface area contributed by atoms with E-state index in [2.05, 4.69) is 24.6 Å². The summed E-state index contributed by atoms with van der Waals surface area (Å²) in [4.78, 5) is 12.3. The zero-order valence-corrected chi connectivity index (χ0v) is 16.2. The molecule has 0 aliphatic heterocycles. The quantitative estimate of drug-likeness (QED) is 0.584. The van der Waals surface area contributed by atoms with Gasteiger partial charge in [-0.05, 0) is 40.5 Å². The van der Waals surface area contributed by atoms with Gasteiger partial charge >= 0.3 is 5.97 Å². The van der Waals surface area contributed by atoms with E-state index in [0.717, 1.165) is 22.4 Å². The van der Waals surface area contributed by atoms with Gasteiger partial charge in [0.25, 0.3) is 0 Å². The van der Waals surface area contributed by atoms with Gasteiger partial charge in [0.2, 0.25) is 11.1 Å². The van der Waals surface area contributed by atoms with Crippen molar-refractivity contribution >= 4 is 29.2 Å². The number of fused-ring (bicyclic) bond motifs is 1. The maximum atomic E-state index is 12.6. The molecule has 2 aromatic rings. The number of rotatable bonds is 7.